The van der Waals surface area contributed by atoms with Gasteiger partial charge in [0.2, 0.25) is 13.9 Å². The maximum atomic E-state index is 12.1. The average molecular weight is 177 g/mol. The van der Waals surface area contributed by atoms with Gasteiger partial charge < -0.3 is 4.81 Å². The molecule has 12 heavy (non-hydrogen) atoms. The number of alkyl halides is 3. The second-order valence-corrected chi connectivity index (χ2v) is 2.89. The highest BCUT2D eigenvalue weighted by atomic mass is 19.4. The van der Waals surface area contributed by atoms with Crippen molar-refractivity contribution in [3.63, 3.8) is 0 Å². The topological polar surface area (TPSA) is 20.3 Å². The van der Waals surface area contributed by atoms with Crippen molar-refractivity contribution in [2.75, 3.05) is 0 Å². The van der Waals surface area contributed by atoms with Crippen LogP contribution in [0.3, 0.4) is 0 Å². The SMILES string of the molecule is [B]N1C(=O)CC(C(F)(F)F)C1C. The van der Waals surface area contributed by atoms with Crippen LogP contribution in [-0.2, 0) is 4.79 Å². The van der Waals surface area contributed by atoms with Crippen LogP contribution in [-0.4, -0.2) is 30.9 Å². The van der Waals surface area contributed by atoms with Crippen LogP contribution < -0.4 is 0 Å². The van der Waals surface area contributed by atoms with Crippen LogP contribution in [0, 0.1) is 5.92 Å². The number of halogens is 3. The second-order valence-electron chi connectivity index (χ2n) is 2.89. The Labute approximate surface area is 69.2 Å². The van der Waals surface area contributed by atoms with Crippen molar-refractivity contribution in [2.45, 2.75) is 25.6 Å². The predicted octanol–water partition coefficient (Wildman–Crippen LogP) is 0.869. The predicted molar refractivity (Wildman–Crippen MR) is 36.2 cm³/mol. The summed E-state index contributed by atoms with van der Waals surface area (Å²) in [7, 11) is 5.09. The van der Waals surface area contributed by atoms with E-state index in [1.165, 1.54) is 6.92 Å². The van der Waals surface area contributed by atoms with Crippen LogP contribution in [0.25, 0.3) is 0 Å². The minimum atomic E-state index is -4.33. The van der Waals surface area contributed by atoms with Crippen LogP contribution >= 0.6 is 0 Å². The molecule has 0 bridgehead atoms. The molecule has 0 N–H and O–H groups in total. The van der Waals surface area contributed by atoms with Gasteiger partial charge in [-0.05, 0) is 6.92 Å². The first-order valence-corrected chi connectivity index (χ1v) is 3.47. The summed E-state index contributed by atoms with van der Waals surface area (Å²) in [5.41, 5.74) is 0. The maximum absolute atomic E-state index is 12.1. The van der Waals surface area contributed by atoms with Gasteiger partial charge >= 0.3 is 6.18 Å². The van der Waals surface area contributed by atoms with Crippen LogP contribution in [0.4, 0.5) is 13.2 Å². The summed E-state index contributed by atoms with van der Waals surface area (Å²) in [5, 5.41) is 0. The summed E-state index contributed by atoms with van der Waals surface area (Å²) in [6.45, 7) is 1.29. The molecule has 2 atom stereocenters. The molecule has 2 radical (unpaired) electrons. The summed E-state index contributed by atoms with van der Waals surface area (Å²) in [6.07, 6.45) is -4.86. The molecule has 2 unspecified atom stereocenters. The van der Waals surface area contributed by atoms with Gasteiger partial charge in [-0.1, -0.05) is 0 Å². The molecule has 0 aliphatic carbocycles. The van der Waals surface area contributed by atoms with E-state index < -0.39 is 30.5 Å². The van der Waals surface area contributed by atoms with E-state index in [4.69, 9.17) is 7.98 Å². The maximum Gasteiger partial charge on any atom is 0.394 e. The number of rotatable bonds is 0. The summed E-state index contributed by atoms with van der Waals surface area (Å²) in [5.74, 6) is -2.26. The van der Waals surface area contributed by atoms with E-state index in [1.54, 1.807) is 0 Å². The van der Waals surface area contributed by atoms with Crippen molar-refractivity contribution in [3.8, 4) is 0 Å². The molecule has 2 nitrogen and oxygen atoms in total. The summed E-state index contributed by atoms with van der Waals surface area (Å²) < 4.78 is 36.4. The summed E-state index contributed by atoms with van der Waals surface area (Å²) in [4.78, 5) is 11.4. The lowest BCUT2D eigenvalue weighted by molar-refractivity contribution is -0.177. The highest BCUT2D eigenvalue weighted by Crippen LogP contribution is 2.37. The van der Waals surface area contributed by atoms with Crippen molar-refractivity contribution in [1.29, 1.82) is 0 Å². The highest BCUT2D eigenvalue weighted by molar-refractivity contribution is 6.15. The molecule has 1 heterocycles. The molecule has 1 aliphatic heterocycles. The largest absolute Gasteiger partial charge is 0.394 e. The first kappa shape index (κ1) is 9.41. The number of hydrogen-bond donors (Lipinski definition) is 0. The quantitative estimate of drug-likeness (QED) is 0.502. The fourth-order valence-electron chi connectivity index (χ4n) is 1.27. The second kappa shape index (κ2) is 2.67. The Morgan fingerprint density at radius 1 is 1.58 bits per heavy atom. The minimum absolute atomic E-state index is 0.527. The molecule has 66 valence electrons. The monoisotopic (exact) mass is 177 g/mol. The van der Waals surface area contributed by atoms with E-state index >= 15 is 0 Å². The van der Waals surface area contributed by atoms with E-state index in [2.05, 4.69) is 0 Å². The molecule has 1 saturated heterocycles. The van der Waals surface area contributed by atoms with Crippen molar-refractivity contribution in [1.82, 2.24) is 4.81 Å². The zero-order valence-corrected chi connectivity index (χ0v) is 6.43. The number of hydrogen-bond acceptors (Lipinski definition) is 1. The number of carbonyl (C=O) groups excluding carboxylic acids is 1. The molecule has 0 saturated carbocycles. The fourth-order valence-corrected chi connectivity index (χ4v) is 1.27. The number of nitrogens with zero attached hydrogens (tertiary/aromatic N) is 1. The third-order valence-electron chi connectivity index (χ3n) is 2.12. The van der Waals surface area contributed by atoms with Gasteiger partial charge in [0.1, 0.15) is 0 Å². The van der Waals surface area contributed by atoms with Gasteiger partial charge in [-0.2, -0.15) is 13.2 Å². The van der Waals surface area contributed by atoms with Gasteiger partial charge in [-0.15, -0.1) is 0 Å². The van der Waals surface area contributed by atoms with Gasteiger partial charge in [-0.3, -0.25) is 4.79 Å². The van der Waals surface area contributed by atoms with Gasteiger partial charge in [-0.25, -0.2) is 0 Å². The molecular weight excluding hydrogens is 170 g/mol. The van der Waals surface area contributed by atoms with Gasteiger partial charge in [0, 0.05) is 12.5 Å². The van der Waals surface area contributed by atoms with Crippen LogP contribution in [0.2, 0.25) is 0 Å². The van der Waals surface area contributed by atoms with E-state index in [0.29, 0.717) is 4.81 Å². The zero-order chi connectivity index (χ0) is 9.52. The third-order valence-corrected chi connectivity index (χ3v) is 2.12. The Kier molecular flexibility index (Phi) is 2.10. The molecule has 1 amide bonds. The smallest absolute Gasteiger partial charge is 0.394 e. The minimum Gasteiger partial charge on any atom is -0.394 e. The Morgan fingerprint density at radius 3 is 2.25 bits per heavy atom. The van der Waals surface area contributed by atoms with Gasteiger partial charge in [0.25, 0.3) is 0 Å². The molecule has 1 rings (SSSR count). The van der Waals surface area contributed by atoms with Crippen molar-refractivity contribution >= 4 is 13.9 Å². The number of amides is 1. The zero-order valence-electron chi connectivity index (χ0n) is 6.43. The Hall–Kier alpha value is -0.675. The molecule has 0 aromatic heterocycles. The lowest BCUT2D eigenvalue weighted by Crippen LogP contribution is -2.35. The Balaban J connectivity index is 2.78. The van der Waals surface area contributed by atoms with Crippen molar-refractivity contribution < 1.29 is 18.0 Å². The average Bonchev–Trinajstić information content (AvgIpc) is 2.15. The Morgan fingerprint density at radius 2 is 2.08 bits per heavy atom. The lowest BCUT2D eigenvalue weighted by atomic mass is 10.0. The third kappa shape index (κ3) is 1.42. The van der Waals surface area contributed by atoms with Gasteiger partial charge in [0.15, 0.2) is 0 Å². The molecule has 0 spiro atoms. The standard InChI is InChI=1S/C6H7BF3NO/c1-3-4(6(8,9)10)2-5(12)11(3)7/h3-4H,2H2,1H3. The van der Waals surface area contributed by atoms with Crippen LogP contribution in [0.15, 0.2) is 0 Å². The Bertz CT molecular complexity index is 205. The van der Waals surface area contributed by atoms with E-state index in [-0.39, 0.29) is 0 Å². The first-order chi connectivity index (χ1) is 5.34. The highest BCUT2D eigenvalue weighted by Gasteiger charge is 2.50. The molecule has 1 fully saturated rings. The van der Waals surface area contributed by atoms with Crippen molar-refractivity contribution in [2.24, 2.45) is 5.92 Å². The van der Waals surface area contributed by atoms with Gasteiger partial charge in [0.05, 0.1) is 5.92 Å². The van der Waals surface area contributed by atoms with Crippen LogP contribution in [0.5, 0.6) is 0 Å². The van der Waals surface area contributed by atoms with Crippen LogP contribution in [0.1, 0.15) is 13.3 Å². The fraction of sp³-hybridized carbons (Fsp3) is 0.833. The molecule has 0 aromatic carbocycles. The summed E-state index contributed by atoms with van der Waals surface area (Å²) in [6, 6.07) is -0.947. The molecule has 6 heteroatoms. The number of carbonyl (C=O) groups is 1. The normalized spacial score (nSPS) is 31.3. The first-order valence-electron chi connectivity index (χ1n) is 3.47. The lowest BCUT2D eigenvalue weighted by Gasteiger charge is -2.22. The molecule has 0 aromatic rings. The van der Waals surface area contributed by atoms with E-state index in [9.17, 15) is 18.0 Å². The van der Waals surface area contributed by atoms with Crippen molar-refractivity contribution in [3.05, 3.63) is 0 Å². The summed E-state index contributed by atoms with van der Waals surface area (Å²) >= 11 is 0. The van der Waals surface area contributed by atoms with E-state index in [1.807, 2.05) is 0 Å². The molecule has 1 aliphatic rings. The molecular formula is C6H7BF3NO. The van der Waals surface area contributed by atoms with E-state index in [0.717, 1.165) is 0 Å².